The summed E-state index contributed by atoms with van der Waals surface area (Å²) in [6, 6.07) is 15.3. The number of nitrogens with zero attached hydrogens (tertiary/aromatic N) is 4. The van der Waals surface area contributed by atoms with Crippen molar-refractivity contribution in [2.75, 3.05) is 26.8 Å². The SMILES string of the molecule is CC[C@]1(c2cccc(Oc3cc(C(C)(N)c4cncn4C)ccc3C#N)c2)CCCCN(CCOC)C1=O. The number of benzene rings is 2. The van der Waals surface area contributed by atoms with Crippen molar-refractivity contribution >= 4 is 5.91 Å². The van der Waals surface area contributed by atoms with E-state index in [1.54, 1.807) is 25.7 Å². The largest absolute Gasteiger partial charge is 0.456 e. The van der Waals surface area contributed by atoms with Crippen LogP contribution < -0.4 is 10.5 Å². The van der Waals surface area contributed by atoms with Crippen molar-refractivity contribution in [2.24, 2.45) is 12.8 Å². The number of nitriles is 1. The average molecular weight is 516 g/mol. The summed E-state index contributed by atoms with van der Waals surface area (Å²) in [7, 11) is 3.55. The number of aromatic nitrogens is 2. The molecule has 1 aliphatic rings. The number of hydrogen-bond donors (Lipinski definition) is 1. The van der Waals surface area contributed by atoms with E-state index in [2.05, 4.69) is 18.0 Å². The maximum Gasteiger partial charge on any atom is 0.233 e. The summed E-state index contributed by atoms with van der Waals surface area (Å²) in [5, 5.41) is 9.79. The second-order valence-electron chi connectivity index (χ2n) is 10.2. The van der Waals surface area contributed by atoms with Gasteiger partial charge in [-0.25, -0.2) is 4.98 Å². The minimum Gasteiger partial charge on any atom is -0.456 e. The minimum absolute atomic E-state index is 0.140. The highest BCUT2D eigenvalue weighted by Crippen LogP contribution is 2.40. The van der Waals surface area contributed by atoms with E-state index < -0.39 is 11.0 Å². The summed E-state index contributed by atoms with van der Waals surface area (Å²) in [6.45, 7) is 5.82. The number of methoxy groups -OCH3 is 1. The highest BCUT2D eigenvalue weighted by atomic mass is 16.5. The first-order valence-corrected chi connectivity index (χ1v) is 13.1. The van der Waals surface area contributed by atoms with E-state index in [1.807, 2.05) is 59.8 Å². The van der Waals surface area contributed by atoms with Crippen molar-refractivity contribution in [3.8, 4) is 17.6 Å². The Balaban J connectivity index is 1.69. The molecule has 2 N–H and O–H groups in total. The van der Waals surface area contributed by atoms with Gasteiger partial charge in [-0.05, 0) is 61.6 Å². The van der Waals surface area contributed by atoms with E-state index in [1.165, 1.54) is 0 Å². The van der Waals surface area contributed by atoms with Gasteiger partial charge in [0.1, 0.15) is 17.6 Å². The molecular formula is C30H37N5O3. The number of ether oxygens (including phenoxy) is 2. The Morgan fingerprint density at radius 3 is 2.74 bits per heavy atom. The third-order valence-electron chi connectivity index (χ3n) is 7.81. The van der Waals surface area contributed by atoms with Gasteiger partial charge in [0.05, 0.1) is 41.3 Å². The van der Waals surface area contributed by atoms with E-state index in [9.17, 15) is 10.1 Å². The number of carbonyl (C=O) groups is 1. The van der Waals surface area contributed by atoms with Gasteiger partial charge in [-0.2, -0.15) is 5.26 Å². The fourth-order valence-electron chi connectivity index (χ4n) is 5.47. The lowest BCUT2D eigenvalue weighted by Gasteiger charge is -2.35. The van der Waals surface area contributed by atoms with Crippen molar-refractivity contribution in [3.63, 3.8) is 0 Å². The molecule has 4 rings (SSSR count). The molecule has 0 aliphatic carbocycles. The number of hydrogen-bond acceptors (Lipinski definition) is 6. The molecule has 2 heterocycles. The maximum absolute atomic E-state index is 13.8. The quantitative estimate of drug-likeness (QED) is 0.446. The van der Waals surface area contributed by atoms with Crippen molar-refractivity contribution in [1.82, 2.24) is 14.5 Å². The highest BCUT2D eigenvalue weighted by Gasteiger charge is 2.42. The zero-order chi connectivity index (χ0) is 27.3. The molecule has 0 bridgehead atoms. The lowest BCUT2D eigenvalue weighted by molar-refractivity contribution is -0.137. The molecule has 1 fully saturated rings. The molecule has 1 unspecified atom stereocenters. The van der Waals surface area contributed by atoms with Gasteiger partial charge in [0.15, 0.2) is 0 Å². The summed E-state index contributed by atoms with van der Waals surface area (Å²) >= 11 is 0. The van der Waals surface area contributed by atoms with Gasteiger partial charge in [0, 0.05) is 27.2 Å². The lowest BCUT2D eigenvalue weighted by atomic mass is 9.73. The molecule has 1 saturated heterocycles. The minimum atomic E-state index is -0.843. The Morgan fingerprint density at radius 2 is 2.05 bits per heavy atom. The molecule has 1 aromatic heterocycles. The molecule has 3 aromatic rings. The van der Waals surface area contributed by atoms with Crippen LogP contribution in [0.3, 0.4) is 0 Å². The van der Waals surface area contributed by atoms with Crippen LogP contribution in [0, 0.1) is 11.3 Å². The van der Waals surface area contributed by atoms with Gasteiger partial charge >= 0.3 is 0 Å². The second-order valence-corrected chi connectivity index (χ2v) is 10.2. The van der Waals surface area contributed by atoms with E-state index in [4.69, 9.17) is 15.2 Å². The molecule has 8 heteroatoms. The third-order valence-corrected chi connectivity index (χ3v) is 7.81. The fraction of sp³-hybridized carbons (Fsp3) is 0.433. The normalized spacial score (nSPS) is 19.5. The van der Waals surface area contributed by atoms with Crippen LogP contribution in [0.4, 0.5) is 0 Å². The number of likely N-dealkylation sites (tertiary alicyclic amines) is 1. The van der Waals surface area contributed by atoms with Crippen LogP contribution >= 0.6 is 0 Å². The molecule has 1 aliphatic heterocycles. The Morgan fingerprint density at radius 1 is 1.24 bits per heavy atom. The number of rotatable bonds is 9. The van der Waals surface area contributed by atoms with Crippen molar-refractivity contribution in [2.45, 2.75) is 50.5 Å². The molecule has 0 saturated carbocycles. The van der Waals surface area contributed by atoms with Crippen LogP contribution in [0.5, 0.6) is 11.5 Å². The van der Waals surface area contributed by atoms with Gasteiger partial charge in [-0.15, -0.1) is 0 Å². The average Bonchev–Trinajstić information content (AvgIpc) is 3.30. The zero-order valence-electron chi connectivity index (χ0n) is 22.7. The van der Waals surface area contributed by atoms with Crippen molar-refractivity contribution in [1.29, 1.82) is 5.26 Å². The Kier molecular flexibility index (Phi) is 8.20. The van der Waals surface area contributed by atoms with E-state index in [0.717, 1.165) is 42.6 Å². The molecule has 2 atom stereocenters. The first-order valence-electron chi connectivity index (χ1n) is 13.1. The highest BCUT2D eigenvalue weighted by molar-refractivity contribution is 5.88. The molecule has 0 spiro atoms. The number of imidazole rings is 1. The molecular weight excluding hydrogens is 478 g/mol. The predicted molar refractivity (Wildman–Crippen MR) is 146 cm³/mol. The molecule has 38 heavy (non-hydrogen) atoms. The zero-order valence-corrected chi connectivity index (χ0v) is 22.7. The summed E-state index contributed by atoms with van der Waals surface area (Å²) in [5.41, 5.74) is 8.24. The topological polar surface area (TPSA) is 106 Å². The number of amides is 1. The van der Waals surface area contributed by atoms with E-state index in [-0.39, 0.29) is 5.91 Å². The summed E-state index contributed by atoms with van der Waals surface area (Å²) in [5.74, 6) is 1.13. The van der Waals surface area contributed by atoms with Crippen molar-refractivity contribution in [3.05, 3.63) is 77.4 Å². The Labute approximate surface area is 225 Å². The summed E-state index contributed by atoms with van der Waals surface area (Å²) in [4.78, 5) is 20.0. The van der Waals surface area contributed by atoms with Crippen LogP contribution in [0.1, 0.15) is 61.9 Å². The molecule has 2 aromatic carbocycles. The Bertz CT molecular complexity index is 1330. The third kappa shape index (κ3) is 5.17. The molecule has 1 amide bonds. The summed E-state index contributed by atoms with van der Waals surface area (Å²) in [6.07, 6.45) is 6.87. The Hall–Kier alpha value is -3.67. The van der Waals surface area contributed by atoms with Gasteiger partial charge in [0.2, 0.25) is 5.91 Å². The monoisotopic (exact) mass is 515 g/mol. The van der Waals surface area contributed by atoms with Crippen LogP contribution in [-0.2, 0) is 27.5 Å². The number of carbonyl (C=O) groups excluding carboxylic acids is 1. The number of nitrogens with two attached hydrogens (primary N) is 1. The van der Waals surface area contributed by atoms with Crippen LogP contribution in [0.15, 0.2) is 55.0 Å². The smallest absolute Gasteiger partial charge is 0.233 e. The lowest BCUT2D eigenvalue weighted by Crippen LogP contribution is -2.46. The van der Waals surface area contributed by atoms with Crippen LogP contribution in [0.2, 0.25) is 0 Å². The first-order chi connectivity index (χ1) is 18.3. The van der Waals surface area contributed by atoms with Crippen molar-refractivity contribution < 1.29 is 14.3 Å². The van der Waals surface area contributed by atoms with Crippen LogP contribution in [0.25, 0.3) is 0 Å². The standard InChI is InChI=1S/C30H37N5O3/c1-5-30(13-6-7-14-35(28(30)36)15-16-37-4)24-9-8-10-25(17-24)38-26-18-23(12-11-22(26)19-31)29(2,32)27-20-33-21-34(27)3/h8-12,17-18,20-21H,5-7,13-16,32H2,1-4H3/t29?,30-/m1/s1. The summed E-state index contributed by atoms with van der Waals surface area (Å²) < 4.78 is 13.5. The number of aryl methyl sites for hydroxylation is 1. The van der Waals surface area contributed by atoms with Gasteiger partial charge in [-0.3, -0.25) is 4.79 Å². The van der Waals surface area contributed by atoms with Crippen LogP contribution in [-0.4, -0.2) is 47.2 Å². The first kappa shape index (κ1) is 27.4. The van der Waals surface area contributed by atoms with E-state index >= 15 is 0 Å². The molecule has 8 nitrogen and oxygen atoms in total. The molecule has 0 radical (unpaired) electrons. The molecule has 200 valence electrons. The second kappa shape index (κ2) is 11.4. The van der Waals surface area contributed by atoms with Gasteiger partial charge in [-0.1, -0.05) is 31.5 Å². The maximum atomic E-state index is 13.8. The van der Waals surface area contributed by atoms with Gasteiger partial charge in [0.25, 0.3) is 0 Å². The van der Waals surface area contributed by atoms with E-state index in [0.29, 0.717) is 36.6 Å². The van der Waals surface area contributed by atoms with Gasteiger partial charge < -0.3 is 24.7 Å². The predicted octanol–water partition coefficient (Wildman–Crippen LogP) is 4.61. The fourth-order valence-corrected chi connectivity index (χ4v) is 5.47.